The SMILES string of the molecule is CC(C)NCCNC(=O)C1CC2CCC1C2. The molecule has 2 saturated carbocycles. The summed E-state index contributed by atoms with van der Waals surface area (Å²) in [6, 6.07) is 0.499. The molecular weight excluding hydrogens is 200 g/mol. The van der Waals surface area contributed by atoms with E-state index in [0.717, 1.165) is 25.4 Å². The molecule has 2 N–H and O–H groups in total. The third-order valence-electron chi connectivity index (χ3n) is 4.05. The summed E-state index contributed by atoms with van der Waals surface area (Å²) in [7, 11) is 0. The average molecular weight is 224 g/mol. The van der Waals surface area contributed by atoms with E-state index >= 15 is 0 Å². The van der Waals surface area contributed by atoms with Gasteiger partial charge in [0.05, 0.1) is 0 Å². The van der Waals surface area contributed by atoms with Crippen LogP contribution in [-0.2, 0) is 4.79 Å². The third-order valence-corrected chi connectivity index (χ3v) is 4.05. The molecule has 0 aromatic rings. The van der Waals surface area contributed by atoms with Gasteiger partial charge in [-0.3, -0.25) is 4.79 Å². The number of hydrogen-bond donors (Lipinski definition) is 2. The molecule has 2 fully saturated rings. The Kier molecular flexibility index (Phi) is 3.85. The Bertz CT molecular complexity index is 252. The van der Waals surface area contributed by atoms with E-state index < -0.39 is 0 Å². The topological polar surface area (TPSA) is 41.1 Å². The van der Waals surface area contributed by atoms with Crippen LogP contribution in [0.4, 0.5) is 0 Å². The van der Waals surface area contributed by atoms with Gasteiger partial charge >= 0.3 is 0 Å². The highest BCUT2D eigenvalue weighted by Gasteiger charge is 2.42. The van der Waals surface area contributed by atoms with Crippen LogP contribution in [0.15, 0.2) is 0 Å². The van der Waals surface area contributed by atoms with Crippen molar-refractivity contribution in [3.05, 3.63) is 0 Å². The molecule has 16 heavy (non-hydrogen) atoms. The van der Waals surface area contributed by atoms with Gasteiger partial charge in [0.2, 0.25) is 5.91 Å². The Hall–Kier alpha value is -0.570. The predicted octanol–water partition coefficient (Wildman–Crippen LogP) is 1.54. The zero-order chi connectivity index (χ0) is 11.5. The fourth-order valence-corrected chi connectivity index (χ4v) is 3.24. The fraction of sp³-hybridized carbons (Fsp3) is 0.923. The summed E-state index contributed by atoms with van der Waals surface area (Å²) < 4.78 is 0. The van der Waals surface area contributed by atoms with Gasteiger partial charge in [-0.2, -0.15) is 0 Å². The van der Waals surface area contributed by atoms with E-state index in [1.807, 2.05) is 0 Å². The Labute approximate surface area is 98.4 Å². The van der Waals surface area contributed by atoms with Crippen molar-refractivity contribution in [2.24, 2.45) is 17.8 Å². The van der Waals surface area contributed by atoms with Gasteiger partial charge < -0.3 is 10.6 Å². The van der Waals surface area contributed by atoms with Crippen molar-refractivity contribution in [3.8, 4) is 0 Å². The molecule has 0 heterocycles. The standard InChI is InChI=1S/C13H24N2O/c1-9(2)14-5-6-15-13(16)12-8-10-3-4-11(12)7-10/h9-12,14H,3-8H2,1-2H3,(H,15,16). The summed E-state index contributed by atoms with van der Waals surface area (Å²) in [5.74, 6) is 2.19. The van der Waals surface area contributed by atoms with Crippen LogP contribution in [0.2, 0.25) is 0 Å². The molecule has 3 atom stereocenters. The van der Waals surface area contributed by atoms with Gasteiger partial charge in [0.25, 0.3) is 0 Å². The monoisotopic (exact) mass is 224 g/mol. The summed E-state index contributed by atoms with van der Waals surface area (Å²) in [5.41, 5.74) is 0. The first-order chi connectivity index (χ1) is 7.66. The van der Waals surface area contributed by atoms with Crippen LogP contribution in [0.25, 0.3) is 0 Å². The number of rotatable bonds is 5. The molecule has 3 heteroatoms. The molecule has 0 aromatic carbocycles. The van der Waals surface area contributed by atoms with Crippen molar-refractivity contribution >= 4 is 5.91 Å². The summed E-state index contributed by atoms with van der Waals surface area (Å²) >= 11 is 0. The molecule has 92 valence electrons. The zero-order valence-corrected chi connectivity index (χ0v) is 10.5. The Morgan fingerprint density at radius 3 is 2.62 bits per heavy atom. The lowest BCUT2D eigenvalue weighted by Gasteiger charge is -2.21. The third kappa shape index (κ3) is 2.76. The van der Waals surface area contributed by atoms with E-state index in [-0.39, 0.29) is 0 Å². The van der Waals surface area contributed by atoms with Crippen molar-refractivity contribution in [2.75, 3.05) is 13.1 Å². The summed E-state index contributed by atoms with van der Waals surface area (Å²) in [6.07, 6.45) is 5.10. The Balaban J connectivity index is 1.65. The second-order valence-corrected chi connectivity index (χ2v) is 5.68. The largest absolute Gasteiger partial charge is 0.355 e. The lowest BCUT2D eigenvalue weighted by Crippen LogP contribution is -2.39. The highest BCUT2D eigenvalue weighted by Crippen LogP contribution is 2.48. The fourth-order valence-electron chi connectivity index (χ4n) is 3.24. The molecule has 0 spiro atoms. The average Bonchev–Trinajstić information content (AvgIpc) is 2.85. The lowest BCUT2D eigenvalue weighted by molar-refractivity contribution is -0.126. The van der Waals surface area contributed by atoms with Crippen LogP contribution >= 0.6 is 0 Å². The first-order valence-corrected chi connectivity index (χ1v) is 6.68. The second-order valence-electron chi connectivity index (χ2n) is 5.68. The van der Waals surface area contributed by atoms with Gasteiger partial charge in [-0.05, 0) is 31.1 Å². The maximum Gasteiger partial charge on any atom is 0.223 e. The molecule has 1 amide bonds. The van der Waals surface area contributed by atoms with Gasteiger partial charge in [-0.1, -0.05) is 20.3 Å². The summed E-state index contributed by atoms with van der Waals surface area (Å²) in [4.78, 5) is 11.9. The van der Waals surface area contributed by atoms with E-state index in [9.17, 15) is 4.79 Å². The van der Waals surface area contributed by atoms with Crippen molar-refractivity contribution in [1.29, 1.82) is 0 Å². The van der Waals surface area contributed by atoms with Crippen LogP contribution in [0.5, 0.6) is 0 Å². The molecular formula is C13H24N2O. The molecule has 0 saturated heterocycles. The van der Waals surface area contributed by atoms with Crippen LogP contribution < -0.4 is 10.6 Å². The molecule has 3 unspecified atom stereocenters. The highest BCUT2D eigenvalue weighted by molar-refractivity contribution is 5.79. The van der Waals surface area contributed by atoms with Crippen LogP contribution in [0.1, 0.15) is 39.5 Å². The van der Waals surface area contributed by atoms with Crippen LogP contribution in [0.3, 0.4) is 0 Å². The number of nitrogens with one attached hydrogen (secondary N) is 2. The van der Waals surface area contributed by atoms with E-state index in [2.05, 4.69) is 24.5 Å². The normalized spacial score (nSPS) is 32.3. The quantitative estimate of drug-likeness (QED) is 0.695. The zero-order valence-electron chi connectivity index (χ0n) is 10.5. The first-order valence-electron chi connectivity index (χ1n) is 6.68. The first kappa shape index (κ1) is 11.9. The molecule has 0 radical (unpaired) electrons. The smallest absolute Gasteiger partial charge is 0.223 e. The molecule has 0 aliphatic heterocycles. The predicted molar refractivity (Wildman–Crippen MR) is 65.1 cm³/mol. The molecule has 0 aromatic heterocycles. The molecule has 2 rings (SSSR count). The Morgan fingerprint density at radius 2 is 2.06 bits per heavy atom. The van der Waals surface area contributed by atoms with Gasteiger partial charge in [-0.25, -0.2) is 0 Å². The summed E-state index contributed by atoms with van der Waals surface area (Å²) in [5, 5.41) is 6.37. The summed E-state index contributed by atoms with van der Waals surface area (Å²) in [6.45, 7) is 5.89. The Morgan fingerprint density at radius 1 is 1.25 bits per heavy atom. The molecule has 2 aliphatic rings. The molecule has 3 nitrogen and oxygen atoms in total. The van der Waals surface area contributed by atoms with E-state index in [0.29, 0.717) is 23.8 Å². The van der Waals surface area contributed by atoms with E-state index in [1.54, 1.807) is 0 Å². The number of hydrogen-bond acceptors (Lipinski definition) is 2. The maximum atomic E-state index is 11.9. The number of carbonyl (C=O) groups excluding carboxylic acids is 1. The van der Waals surface area contributed by atoms with Crippen molar-refractivity contribution in [1.82, 2.24) is 10.6 Å². The number of fused-ring (bicyclic) bond motifs is 2. The number of amides is 1. The minimum atomic E-state index is 0.303. The second kappa shape index (κ2) is 5.17. The molecule has 2 aliphatic carbocycles. The van der Waals surface area contributed by atoms with Gasteiger partial charge in [0.1, 0.15) is 0 Å². The minimum absolute atomic E-state index is 0.303. The van der Waals surface area contributed by atoms with Crippen molar-refractivity contribution < 1.29 is 4.79 Å². The van der Waals surface area contributed by atoms with Crippen molar-refractivity contribution in [2.45, 2.75) is 45.6 Å². The van der Waals surface area contributed by atoms with Crippen LogP contribution in [0, 0.1) is 17.8 Å². The highest BCUT2D eigenvalue weighted by atomic mass is 16.1. The maximum absolute atomic E-state index is 11.9. The number of carbonyl (C=O) groups is 1. The molecule has 2 bridgehead atoms. The van der Waals surface area contributed by atoms with E-state index in [4.69, 9.17) is 0 Å². The van der Waals surface area contributed by atoms with Crippen molar-refractivity contribution in [3.63, 3.8) is 0 Å². The van der Waals surface area contributed by atoms with E-state index in [1.165, 1.54) is 19.3 Å². The van der Waals surface area contributed by atoms with Gasteiger partial charge in [0, 0.05) is 25.0 Å². The van der Waals surface area contributed by atoms with Gasteiger partial charge in [-0.15, -0.1) is 0 Å². The minimum Gasteiger partial charge on any atom is -0.355 e. The van der Waals surface area contributed by atoms with Crippen LogP contribution in [-0.4, -0.2) is 25.0 Å². The van der Waals surface area contributed by atoms with Gasteiger partial charge in [0.15, 0.2) is 0 Å². The lowest BCUT2D eigenvalue weighted by atomic mass is 9.88.